The predicted molar refractivity (Wildman–Crippen MR) is 82.0 cm³/mol. The standard InChI is InChI=1S/C16H17FN4O/c1-10(13-5-3-4-6-14(13)17)21-9-12(8-18-21)15-7-16(22)20-11(2)19-15/h5-10H,3-4H2,1-2H3,(H,19,20,22). The minimum absolute atomic E-state index is 0.180. The number of allylic oxidation sites excluding steroid dienone is 4. The van der Waals surface area contributed by atoms with E-state index in [1.165, 1.54) is 6.07 Å². The van der Waals surface area contributed by atoms with Crippen molar-refractivity contribution < 1.29 is 4.39 Å². The van der Waals surface area contributed by atoms with Crippen molar-refractivity contribution in [2.45, 2.75) is 32.7 Å². The molecule has 1 aliphatic carbocycles. The lowest BCUT2D eigenvalue weighted by atomic mass is 10.0. The Morgan fingerprint density at radius 1 is 1.36 bits per heavy atom. The van der Waals surface area contributed by atoms with Crippen molar-refractivity contribution in [1.82, 2.24) is 19.7 Å². The molecule has 2 heterocycles. The van der Waals surface area contributed by atoms with Crippen molar-refractivity contribution in [3.63, 3.8) is 0 Å². The van der Waals surface area contributed by atoms with Crippen molar-refractivity contribution in [3.05, 3.63) is 58.2 Å². The average molecular weight is 300 g/mol. The number of hydrogen-bond acceptors (Lipinski definition) is 3. The second-order valence-corrected chi connectivity index (χ2v) is 5.39. The number of rotatable bonds is 3. The van der Waals surface area contributed by atoms with Crippen LogP contribution < -0.4 is 5.56 Å². The lowest BCUT2D eigenvalue weighted by Gasteiger charge is -2.17. The third-order valence-corrected chi connectivity index (χ3v) is 3.73. The van der Waals surface area contributed by atoms with E-state index in [0.29, 0.717) is 17.1 Å². The first kappa shape index (κ1) is 14.4. The fourth-order valence-electron chi connectivity index (χ4n) is 2.59. The van der Waals surface area contributed by atoms with Gasteiger partial charge in [0.1, 0.15) is 11.7 Å². The molecule has 114 valence electrons. The van der Waals surface area contributed by atoms with Gasteiger partial charge in [-0.15, -0.1) is 0 Å². The Kier molecular flexibility index (Phi) is 3.75. The summed E-state index contributed by atoms with van der Waals surface area (Å²) in [6.07, 6.45) is 8.53. The molecule has 2 aromatic heterocycles. The quantitative estimate of drug-likeness (QED) is 0.947. The highest BCUT2D eigenvalue weighted by Gasteiger charge is 2.18. The van der Waals surface area contributed by atoms with Gasteiger partial charge in [0.15, 0.2) is 0 Å². The molecular weight excluding hydrogens is 283 g/mol. The van der Waals surface area contributed by atoms with Crippen molar-refractivity contribution in [1.29, 1.82) is 0 Å². The smallest absolute Gasteiger partial charge is 0.251 e. The second-order valence-electron chi connectivity index (χ2n) is 5.39. The SMILES string of the molecule is Cc1nc(-c2cnn(C(C)C3=CCCC=C3F)c2)cc(=O)[nH]1. The zero-order valence-corrected chi connectivity index (χ0v) is 12.5. The normalized spacial score (nSPS) is 16.1. The Balaban J connectivity index is 1.92. The lowest BCUT2D eigenvalue weighted by molar-refractivity contribution is 0.516. The number of nitrogens with zero attached hydrogens (tertiary/aromatic N) is 3. The van der Waals surface area contributed by atoms with Crippen LogP contribution in [-0.2, 0) is 0 Å². The van der Waals surface area contributed by atoms with Gasteiger partial charge in [-0.3, -0.25) is 9.48 Å². The molecule has 1 aliphatic rings. The van der Waals surface area contributed by atoms with Crippen molar-refractivity contribution in [2.75, 3.05) is 0 Å². The topological polar surface area (TPSA) is 63.6 Å². The first-order valence-corrected chi connectivity index (χ1v) is 7.23. The van der Waals surface area contributed by atoms with Crippen LogP contribution in [-0.4, -0.2) is 19.7 Å². The highest BCUT2D eigenvalue weighted by Crippen LogP contribution is 2.30. The maximum atomic E-state index is 13.9. The summed E-state index contributed by atoms with van der Waals surface area (Å²) in [5, 5.41) is 4.29. The minimum Gasteiger partial charge on any atom is -0.311 e. The highest BCUT2D eigenvalue weighted by molar-refractivity contribution is 5.56. The van der Waals surface area contributed by atoms with Crippen LogP contribution in [0.2, 0.25) is 0 Å². The van der Waals surface area contributed by atoms with Gasteiger partial charge in [-0.1, -0.05) is 6.08 Å². The Morgan fingerprint density at radius 2 is 2.14 bits per heavy atom. The molecule has 0 saturated heterocycles. The molecule has 1 atom stereocenters. The summed E-state index contributed by atoms with van der Waals surface area (Å²) in [7, 11) is 0. The summed E-state index contributed by atoms with van der Waals surface area (Å²) in [4.78, 5) is 18.4. The van der Waals surface area contributed by atoms with Gasteiger partial charge in [0.25, 0.3) is 5.56 Å². The van der Waals surface area contributed by atoms with Gasteiger partial charge in [-0.25, -0.2) is 9.37 Å². The number of H-pyrrole nitrogens is 1. The molecule has 0 aromatic carbocycles. The van der Waals surface area contributed by atoms with E-state index in [1.807, 2.05) is 13.0 Å². The van der Waals surface area contributed by atoms with E-state index in [1.54, 1.807) is 30.1 Å². The third kappa shape index (κ3) is 2.77. The monoisotopic (exact) mass is 300 g/mol. The van der Waals surface area contributed by atoms with Crippen LogP contribution in [0.4, 0.5) is 4.39 Å². The van der Waals surface area contributed by atoms with E-state index in [9.17, 15) is 9.18 Å². The van der Waals surface area contributed by atoms with Crippen LogP contribution in [0.5, 0.6) is 0 Å². The van der Waals surface area contributed by atoms with E-state index in [4.69, 9.17) is 0 Å². The molecule has 0 spiro atoms. The number of halogens is 1. The number of aromatic amines is 1. The van der Waals surface area contributed by atoms with Crippen molar-refractivity contribution >= 4 is 0 Å². The zero-order valence-electron chi connectivity index (χ0n) is 12.5. The van der Waals surface area contributed by atoms with Crippen LogP contribution in [0.1, 0.15) is 31.6 Å². The largest absolute Gasteiger partial charge is 0.311 e. The molecule has 0 amide bonds. The average Bonchev–Trinajstić information content (AvgIpc) is 2.96. The summed E-state index contributed by atoms with van der Waals surface area (Å²) in [6.45, 7) is 3.63. The van der Waals surface area contributed by atoms with Gasteiger partial charge < -0.3 is 4.98 Å². The molecule has 5 nitrogen and oxygen atoms in total. The van der Waals surface area contributed by atoms with Gasteiger partial charge in [0, 0.05) is 23.4 Å². The molecule has 0 bridgehead atoms. The Labute approximate surface area is 127 Å². The Morgan fingerprint density at radius 3 is 2.86 bits per heavy atom. The zero-order chi connectivity index (χ0) is 15.7. The molecule has 3 rings (SSSR count). The fourth-order valence-corrected chi connectivity index (χ4v) is 2.59. The Bertz CT molecular complexity index is 816. The maximum Gasteiger partial charge on any atom is 0.251 e. The van der Waals surface area contributed by atoms with Crippen molar-refractivity contribution in [3.8, 4) is 11.3 Å². The summed E-state index contributed by atoms with van der Waals surface area (Å²) >= 11 is 0. The maximum absolute atomic E-state index is 13.9. The molecule has 1 unspecified atom stereocenters. The molecule has 0 aliphatic heterocycles. The van der Waals surface area contributed by atoms with Gasteiger partial charge in [-0.2, -0.15) is 5.10 Å². The molecule has 0 saturated carbocycles. The molecule has 1 N–H and O–H groups in total. The van der Waals surface area contributed by atoms with Gasteiger partial charge in [0.2, 0.25) is 0 Å². The van der Waals surface area contributed by atoms with E-state index in [0.717, 1.165) is 18.4 Å². The molecule has 0 fully saturated rings. The van der Waals surface area contributed by atoms with Gasteiger partial charge in [0.05, 0.1) is 17.9 Å². The number of aryl methyl sites for hydroxylation is 1. The number of aromatic nitrogens is 4. The molecule has 2 aromatic rings. The lowest BCUT2D eigenvalue weighted by Crippen LogP contribution is -2.10. The van der Waals surface area contributed by atoms with E-state index in [-0.39, 0.29) is 17.4 Å². The van der Waals surface area contributed by atoms with Gasteiger partial charge >= 0.3 is 0 Å². The predicted octanol–water partition coefficient (Wildman–Crippen LogP) is 3.08. The molecule has 6 heteroatoms. The summed E-state index contributed by atoms with van der Waals surface area (Å²) < 4.78 is 15.6. The second kappa shape index (κ2) is 5.71. The van der Waals surface area contributed by atoms with Crippen LogP contribution in [0.15, 0.2) is 46.8 Å². The van der Waals surface area contributed by atoms with E-state index in [2.05, 4.69) is 15.1 Å². The fraction of sp³-hybridized carbons (Fsp3) is 0.312. The Hall–Kier alpha value is -2.50. The summed E-state index contributed by atoms with van der Waals surface area (Å²) in [6, 6.07) is 1.23. The molecule has 22 heavy (non-hydrogen) atoms. The summed E-state index contributed by atoms with van der Waals surface area (Å²) in [5.41, 5.74) is 1.75. The van der Waals surface area contributed by atoms with Crippen LogP contribution in [0.25, 0.3) is 11.3 Å². The third-order valence-electron chi connectivity index (χ3n) is 3.73. The first-order valence-electron chi connectivity index (χ1n) is 7.23. The number of hydrogen-bond donors (Lipinski definition) is 1. The van der Waals surface area contributed by atoms with Crippen LogP contribution in [0, 0.1) is 6.92 Å². The summed E-state index contributed by atoms with van der Waals surface area (Å²) in [5.74, 6) is 0.369. The van der Waals surface area contributed by atoms with Crippen molar-refractivity contribution in [2.24, 2.45) is 0 Å². The molecular formula is C16H17FN4O. The first-order chi connectivity index (χ1) is 10.5. The highest BCUT2D eigenvalue weighted by atomic mass is 19.1. The van der Waals surface area contributed by atoms with Crippen LogP contribution in [0.3, 0.4) is 0 Å². The van der Waals surface area contributed by atoms with E-state index < -0.39 is 0 Å². The minimum atomic E-state index is -0.202. The van der Waals surface area contributed by atoms with Crippen LogP contribution >= 0.6 is 0 Å². The van der Waals surface area contributed by atoms with E-state index >= 15 is 0 Å². The number of nitrogens with one attached hydrogen (secondary N) is 1. The molecule has 0 radical (unpaired) electrons. The van der Waals surface area contributed by atoms with Gasteiger partial charge in [-0.05, 0) is 32.8 Å².